The molecule has 11 nitrogen and oxygen atoms in total. The summed E-state index contributed by atoms with van der Waals surface area (Å²) in [5.41, 5.74) is -3.23. The maximum Gasteiger partial charge on any atom is 0.303 e. The Morgan fingerprint density at radius 3 is 1.70 bits per heavy atom. The Morgan fingerprint density at radius 1 is 0.926 bits per heavy atom. The van der Waals surface area contributed by atoms with Crippen LogP contribution in [0.25, 0.3) is 0 Å². The summed E-state index contributed by atoms with van der Waals surface area (Å²) in [5, 5.41) is 20.8. The number of nitrogens with two attached hydrogens (primary N) is 1. The number of aliphatic hydroxyl groups is 2. The van der Waals surface area contributed by atoms with Crippen molar-refractivity contribution in [3.05, 3.63) is 0 Å². The molecule has 1 heterocycles. The number of carbonyl (C=O) groups is 5. The molecule has 0 bridgehead atoms. The van der Waals surface area contributed by atoms with E-state index in [-0.39, 0.29) is 0 Å². The van der Waals surface area contributed by atoms with Gasteiger partial charge >= 0.3 is 11.9 Å². The molecule has 1 aliphatic rings. The molecule has 0 saturated carbocycles. The third kappa shape index (κ3) is 2.96. The van der Waals surface area contributed by atoms with Gasteiger partial charge in [0.1, 0.15) is 6.10 Å². The molecule has 27 heavy (non-hydrogen) atoms. The summed E-state index contributed by atoms with van der Waals surface area (Å²) >= 11 is 0. The second-order valence-corrected chi connectivity index (χ2v) is 6.27. The predicted octanol–water partition coefficient (Wildman–Crippen LogP) is -2.24. The van der Waals surface area contributed by atoms with Gasteiger partial charge in [-0.15, -0.1) is 0 Å². The van der Waals surface area contributed by atoms with Gasteiger partial charge < -0.3 is 30.2 Å². The first-order valence-electron chi connectivity index (χ1n) is 7.92. The maximum absolute atomic E-state index is 12.8. The third-order valence-electron chi connectivity index (χ3n) is 4.56. The zero-order valence-electron chi connectivity index (χ0n) is 15.6. The molecule has 1 fully saturated rings. The summed E-state index contributed by atoms with van der Waals surface area (Å²) in [6.07, 6.45) is -3.82. The summed E-state index contributed by atoms with van der Waals surface area (Å²) in [6, 6.07) is 0. The lowest BCUT2D eigenvalue weighted by atomic mass is 9.60. The van der Waals surface area contributed by atoms with Crippen LogP contribution in [0, 0.1) is 0 Å². The molecule has 0 amide bonds. The highest BCUT2D eigenvalue weighted by Crippen LogP contribution is 2.49. The number of hydrogen-bond acceptors (Lipinski definition) is 11. The number of ether oxygens (including phenoxy) is 3. The molecule has 11 heteroatoms. The minimum Gasteiger partial charge on any atom is -0.442 e. The van der Waals surface area contributed by atoms with Gasteiger partial charge in [0.05, 0.1) is 6.61 Å². The molecule has 0 aromatic heterocycles. The van der Waals surface area contributed by atoms with Crippen molar-refractivity contribution in [1.82, 2.24) is 0 Å². The molecule has 0 aromatic rings. The molecule has 5 atom stereocenters. The zero-order chi connectivity index (χ0) is 21.4. The number of rotatable bonds is 6. The highest BCUT2D eigenvalue weighted by atomic mass is 16.7. The van der Waals surface area contributed by atoms with Crippen LogP contribution in [-0.4, -0.2) is 75.2 Å². The van der Waals surface area contributed by atoms with E-state index in [0.29, 0.717) is 0 Å². The smallest absolute Gasteiger partial charge is 0.303 e. The average Bonchev–Trinajstić information content (AvgIpc) is 2.52. The van der Waals surface area contributed by atoms with Crippen molar-refractivity contribution in [2.75, 3.05) is 6.61 Å². The molecule has 1 aliphatic heterocycles. The van der Waals surface area contributed by atoms with E-state index in [1.54, 1.807) is 0 Å². The first kappa shape index (κ1) is 22.8. The van der Waals surface area contributed by atoms with Gasteiger partial charge in [-0.2, -0.15) is 0 Å². The monoisotopic (exact) mass is 389 g/mol. The number of ketones is 3. The number of esters is 2. The molecule has 152 valence electrons. The summed E-state index contributed by atoms with van der Waals surface area (Å²) in [5.74, 6) is -5.85. The van der Waals surface area contributed by atoms with Gasteiger partial charge in [-0.05, 0) is 20.8 Å². The minimum atomic E-state index is -3.10. The van der Waals surface area contributed by atoms with Crippen molar-refractivity contribution in [2.45, 2.75) is 63.8 Å². The van der Waals surface area contributed by atoms with Crippen molar-refractivity contribution < 1.29 is 48.4 Å². The van der Waals surface area contributed by atoms with Crippen LogP contribution in [0.1, 0.15) is 34.6 Å². The van der Waals surface area contributed by atoms with Gasteiger partial charge in [-0.3, -0.25) is 24.0 Å². The van der Waals surface area contributed by atoms with Gasteiger partial charge in [0, 0.05) is 13.8 Å². The van der Waals surface area contributed by atoms with E-state index in [4.69, 9.17) is 19.9 Å². The second-order valence-electron chi connectivity index (χ2n) is 6.27. The van der Waals surface area contributed by atoms with Crippen LogP contribution in [-0.2, 0) is 38.2 Å². The van der Waals surface area contributed by atoms with Crippen molar-refractivity contribution in [1.29, 1.82) is 0 Å². The molecule has 0 aliphatic carbocycles. The lowest BCUT2D eigenvalue weighted by Gasteiger charge is -2.58. The zero-order valence-corrected chi connectivity index (χ0v) is 15.6. The number of carbonyl (C=O) groups excluding carboxylic acids is 5. The van der Waals surface area contributed by atoms with E-state index in [9.17, 15) is 34.2 Å². The Hall–Kier alpha value is -2.21. The lowest BCUT2D eigenvalue weighted by Crippen LogP contribution is -2.89. The van der Waals surface area contributed by atoms with Crippen LogP contribution >= 0.6 is 0 Å². The van der Waals surface area contributed by atoms with E-state index in [1.165, 1.54) is 0 Å². The summed E-state index contributed by atoms with van der Waals surface area (Å²) in [6.45, 7) is 3.18. The molecule has 1 saturated heterocycles. The normalized spacial score (nSPS) is 35.9. The van der Waals surface area contributed by atoms with E-state index in [0.717, 1.165) is 34.6 Å². The summed E-state index contributed by atoms with van der Waals surface area (Å²) < 4.78 is 15.3. The fourth-order valence-electron chi connectivity index (χ4n) is 3.58. The third-order valence-corrected chi connectivity index (χ3v) is 4.56. The minimum absolute atomic E-state index is 0.810. The molecule has 0 aromatic carbocycles. The van der Waals surface area contributed by atoms with Gasteiger partial charge in [0.15, 0.2) is 23.6 Å². The van der Waals surface area contributed by atoms with Gasteiger partial charge in [-0.1, -0.05) is 0 Å². The van der Waals surface area contributed by atoms with Crippen molar-refractivity contribution >= 4 is 29.3 Å². The molecule has 0 radical (unpaired) electrons. The van der Waals surface area contributed by atoms with E-state index < -0.39 is 65.0 Å². The fourth-order valence-corrected chi connectivity index (χ4v) is 3.58. The van der Waals surface area contributed by atoms with E-state index in [1.807, 2.05) is 0 Å². The van der Waals surface area contributed by atoms with Crippen LogP contribution in [0.5, 0.6) is 0 Å². The Kier molecular flexibility index (Phi) is 6.28. The molecule has 0 unspecified atom stereocenters. The quantitative estimate of drug-likeness (QED) is 0.418. The predicted molar refractivity (Wildman–Crippen MR) is 85.9 cm³/mol. The first-order valence-corrected chi connectivity index (χ1v) is 7.92. The topological polar surface area (TPSA) is 180 Å². The van der Waals surface area contributed by atoms with Crippen LogP contribution in [0.15, 0.2) is 0 Å². The SMILES string of the molecule is CC(=O)O[C@@]1(C(C)=O)[C@@](O)(C(C)=O)[C@@H](CO)O[C@@H](N)[C@@]1(OC(C)=O)C(C)=O. The van der Waals surface area contributed by atoms with Crippen LogP contribution in [0.2, 0.25) is 0 Å². The van der Waals surface area contributed by atoms with Crippen molar-refractivity contribution in [2.24, 2.45) is 5.73 Å². The average molecular weight is 389 g/mol. The standard InChI is InChI=1S/C16H23NO10/c1-7(19)14(24)12(6-18)25-13(17)15(8(2)20,26-10(4)22)16(14,9(3)21)27-11(5)23/h12-13,18,24H,6,17H2,1-5H3/t12-,13-,14-,15+,16+/m1/s1. The van der Waals surface area contributed by atoms with E-state index >= 15 is 0 Å². The molecule has 4 N–H and O–H groups in total. The number of aliphatic hydroxyl groups excluding tert-OH is 1. The van der Waals surface area contributed by atoms with Crippen LogP contribution in [0.3, 0.4) is 0 Å². The highest BCUT2D eigenvalue weighted by Gasteiger charge is 2.82. The van der Waals surface area contributed by atoms with Gasteiger partial charge in [-0.25, -0.2) is 0 Å². The molecular formula is C16H23NO10. The van der Waals surface area contributed by atoms with E-state index in [2.05, 4.69) is 0 Å². The molecular weight excluding hydrogens is 366 g/mol. The largest absolute Gasteiger partial charge is 0.442 e. The Bertz CT molecular complexity index is 691. The Morgan fingerprint density at radius 2 is 1.41 bits per heavy atom. The lowest BCUT2D eigenvalue weighted by molar-refractivity contribution is -0.325. The van der Waals surface area contributed by atoms with Crippen LogP contribution < -0.4 is 5.73 Å². The second kappa shape index (κ2) is 7.43. The molecule has 1 rings (SSSR count). The summed E-state index contributed by atoms with van der Waals surface area (Å²) in [4.78, 5) is 61.4. The van der Waals surface area contributed by atoms with Crippen LogP contribution in [0.4, 0.5) is 0 Å². The highest BCUT2D eigenvalue weighted by molar-refractivity contribution is 6.07. The summed E-state index contributed by atoms with van der Waals surface area (Å²) in [7, 11) is 0. The molecule has 0 spiro atoms. The first-order chi connectivity index (χ1) is 12.2. The maximum atomic E-state index is 12.8. The van der Waals surface area contributed by atoms with Gasteiger partial charge in [0.25, 0.3) is 11.2 Å². The fraction of sp³-hybridized carbons (Fsp3) is 0.688. The Labute approximate surface area is 154 Å². The van der Waals surface area contributed by atoms with Crippen molar-refractivity contribution in [3.63, 3.8) is 0 Å². The Balaban J connectivity index is 4.17. The number of hydrogen-bond donors (Lipinski definition) is 3. The van der Waals surface area contributed by atoms with Crippen molar-refractivity contribution in [3.8, 4) is 0 Å². The van der Waals surface area contributed by atoms with Gasteiger partial charge in [0.2, 0.25) is 5.60 Å². The number of Topliss-reactive ketones (excluding diaryl/α,β-unsaturated/α-hetero) is 3.